The summed E-state index contributed by atoms with van der Waals surface area (Å²) in [5.74, 6) is 2.82. The number of phenolic OH excluding ortho intramolecular Hbond substituents is 1. The molecule has 7 aliphatic rings. The summed E-state index contributed by atoms with van der Waals surface area (Å²) >= 11 is 0. The summed E-state index contributed by atoms with van der Waals surface area (Å²) in [5.41, 5.74) is 8.36. The molecule has 4 fully saturated rings. The lowest BCUT2D eigenvalue weighted by atomic mass is 9.57. The van der Waals surface area contributed by atoms with Crippen molar-refractivity contribution in [1.82, 2.24) is 20.1 Å². The lowest BCUT2D eigenvalue weighted by Gasteiger charge is -2.54. The van der Waals surface area contributed by atoms with Crippen LogP contribution < -0.4 is 15.0 Å². The van der Waals surface area contributed by atoms with E-state index in [1.807, 2.05) is 18.2 Å². The molecule has 2 spiro atoms. The van der Waals surface area contributed by atoms with E-state index in [4.69, 9.17) is 9.72 Å². The van der Waals surface area contributed by atoms with Crippen LogP contribution in [0.15, 0.2) is 79.0 Å². The monoisotopic (exact) mass is 791 g/mol. The van der Waals surface area contributed by atoms with Gasteiger partial charge in [-0.1, -0.05) is 48.5 Å². The van der Waals surface area contributed by atoms with Gasteiger partial charge in [0.25, 0.3) is 5.91 Å². The number of ether oxygens (including phenoxy) is 1. The topological polar surface area (TPSA) is 115 Å². The number of piperidine rings is 3. The molecule has 10 heteroatoms. The van der Waals surface area contributed by atoms with Crippen molar-refractivity contribution in [3.63, 3.8) is 0 Å². The summed E-state index contributed by atoms with van der Waals surface area (Å²) < 4.78 is 6.43. The van der Waals surface area contributed by atoms with Crippen molar-refractivity contribution in [2.24, 2.45) is 11.3 Å². The first-order valence-electron chi connectivity index (χ1n) is 22.0. The minimum absolute atomic E-state index is 0.0274. The van der Waals surface area contributed by atoms with Crippen molar-refractivity contribution in [2.45, 2.75) is 94.0 Å². The minimum atomic E-state index is -0.618. The van der Waals surface area contributed by atoms with E-state index in [1.54, 1.807) is 4.90 Å². The predicted octanol–water partition coefficient (Wildman–Crippen LogP) is 6.83. The van der Waals surface area contributed by atoms with Crippen LogP contribution in [0.2, 0.25) is 0 Å². The molecule has 2 N–H and O–H groups in total. The van der Waals surface area contributed by atoms with E-state index in [0.717, 1.165) is 74.9 Å². The van der Waals surface area contributed by atoms with E-state index in [-0.39, 0.29) is 35.5 Å². The van der Waals surface area contributed by atoms with Gasteiger partial charge in [-0.3, -0.25) is 19.7 Å². The van der Waals surface area contributed by atoms with E-state index < -0.39 is 6.04 Å². The second kappa shape index (κ2) is 14.2. The molecule has 11 rings (SSSR count). The molecule has 3 amide bonds. The van der Waals surface area contributed by atoms with Crippen LogP contribution in [-0.4, -0.2) is 83.0 Å². The zero-order chi connectivity index (χ0) is 39.9. The number of imide groups is 1. The SMILES string of the molecule is O=C1CC[C@H](N2Cc3c(ccc4c3OCC43CCN(CC4CC5(CCN(c6ccc([C@@H]7c8ccc(O)cc8CC[C@@H]7c7ccccc7)cn6)CC5)C4)CC3)C2=O)C(=O)N1. The van der Waals surface area contributed by atoms with Crippen molar-refractivity contribution >= 4 is 23.5 Å². The Kier molecular flexibility index (Phi) is 8.87. The Balaban J connectivity index is 0.685. The number of aromatic hydroxyl groups is 1. The second-order valence-corrected chi connectivity index (χ2v) is 18.9. The number of phenols is 1. The summed E-state index contributed by atoms with van der Waals surface area (Å²) in [6.07, 6.45) is 11.9. The standard InChI is InChI=1S/C49H53N5O5/c55-35-8-10-37-33(24-35)6-9-36(32-4-2-1-3-5-32)44(37)34-7-14-42(50-27-34)53-22-16-48(17-23-53)25-31(26-48)28-52-20-18-49(19-21-52)30-59-45-39-29-54(41-13-15-43(56)51-46(41)57)47(58)38(39)11-12-40(45)49/h1-5,7-8,10-12,14,24,27,31,36,41,44,55H,6,9,13,15-23,25-26,28-30H2,(H,51,56,57)/t36-,41+,44+/m1/s1. The molecule has 59 heavy (non-hydrogen) atoms. The third-order valence-electron chi connectivity index (χ3n) is 15.6. The molecule has 6 heterocycles. The van der Waals surface area contributed by atoms with Gasteiger partial charge >= 0.3 is 0 Å². The Hall–Kier alpha value is -5.22. The maximum Gasteiger partial charge on any atom is 0.255 e. The number of fused-ring (bicyclic) bond motifs is 5. The van der Waals surface area contributed by atoms with Crippen molar-refractivity contribution < 1.29 is 24.2 Å². The second-order valence-electron chi connectivity index (χ2n) is 18.9. The number of anilines is 1. The fourth-order valence-corrected chi connectivity index (χ4v) is 12.4. The van der Waals surface area contributed by atoms with E-state index in [9.17, 15) is 19.5 Å². The smallest absolute Gasteiger partial charge is 0.255 e. The summed E-state index contributed by atoms with van der Waals surface area (Å²) in [6, 6.07) is 24.8. The molecule has 10 nitrogen and oxygen atoms in total. The first-order valence-corrected chi connectivity index (χ1v) is 22.0. The van der Waals surface area contributed by atoms with E-state index in [1.165, 1.54) is 60.0 Å². The van der Waals surface area contributed by atoms with E-state index in [2.05, 4.69) is 75.9 Å². The first kappa shape index (κ1) is 36.8. The predicted molar refractivity (Wildman–Crippen MR) is 224 cm³/mol. The van der Waals surface area contributed by atoms with Crippen LogP contribution in [0, 0.1) is 11.3 Å². The molecule has 0 unspecified atom stereocenters. The van der Waals surface area contributed by atoms with Gasteiger partial charge in [-0.2, -0.15) is 0 Å². The number of pyridine rings is 1. The van der Waals surface area contributed by atoms with Gasteiger partial charge < -0.3 is 24.5 Å². The number of aromatic nitrogens is 1. The van der Waals surface area contributed by atoms with Gasteiger partial charge in [-0.05, 0) is 135 Å². The van der Waals surface area contributed by atoms with Crippen LogP contribution >= 0.6 is 0 Å². The number of hydrogen-bond donors (Lipinski definition) is 2. The number of nitrogens with zero attached hydrogens (tertiary/aromatic N) is 4. The van der Waals surface area contributed by atoms with Gasteiger partial charge in [0, 0.05) is 60.3 Å². The molecule has 1 saturated carbocycles. The molecule has 1 aromatic heterocycles. The molecule has 0 radical (unpaired) electrons. The number of carbonyl (C=O) groups is 3. The zero-order valence-electron chi connectivity index (χ0n) is 33.7. The normalized spacial score (nSPS) is 26.0. The quantitative estimate of drug-likeness (QED) is 0.204. The van der Waals surface area contributed by atoms with Gasteiger partial charge in [-0.25, -0.2) is 4.98 Å². The summed E-state index contributed by atoms with van der Waals surface area (Å²) in [4.78, 5) is 49.6. The zero-order valence-corrected chi connectivity index (χ0v) is 33.7. The van der Waals surface area contributed by atoms with Crippen LogP contribution in [-0.2, 0) is 28.0 Å². The fourth-order valence-electron chi connectivity index (χ4n) is 12.4. The summed E-state index contributed by atoms with van der Waals surface area (Å²) in [5, 5.41) is 12.6. The van der Waals surface area contributed by atoms with Crippen molar-refractivity contribution in [3.8, 4) is 11.5 Å². The molecule has 3 atom stereocenters. The molecular weight excluding hydrogens is 739 g/mol. The van der Waals surface area contributed by atoms with Crippen LogP contribution in [0.1, 0.15) is 113 Å². The van der Waals surface area contributed by atoms with Crippen molar-refractivity contribution in [2.75, 3.05) is 44.2 Å². The van der Waals surface area contributed by atoms with Crippen LogP contribution in [0.4, 0.5) is 5.82 Å². The maximum atomic E-state index is 13.4. The summed E-state index contributed by atoms with van der Waals surface area (Å²) in [6.45, 7) is 6.41. The number of carbonyl (C=O) groups excluding carboxylic acids is 3. The number of hydrogen-bond acceptors (Lipinski definition) is 8. The lowest BCUT2D eigenvalue weighted by molar-refractivity contribution is -0.136. The van der Waals surface area contributed by atoms with Gasteiger partial charge in [-0.15, -0.1) is 0 Å². The number of likely N-dealkylation sites (tertiary alicyclic amines) is 1. The average Bonchev–Trinajstić information content (AvgIpc) is 3.78. The van der Waals surface area contributed by atoms with Crippen molar-refractivity contribution in [1.29, 1.82) is 0 Å². The highest BCUT2D eigenvalue weighted by molar-refractivity contribution is 6.05. The van der Waals surface area contributed by atoms with Gasteiger partial charge in [0.05, 0.1) is 13.2 Å². The molecule has 3 saturated heterocycles. The molecule has 3 aromatic carbocycles. The van der Waals surface area contributed by atoms with Gasteiger partial charge in [0.15, 0.2) is 0 Å². The third kappa shape index (κ3) is 6.32. The molecule has 2 aliphatic carbocycles. The first-order chi connectivity index (χ1) is 28.7. The molecule has 4 aromatic rings. The fraction of sp³-hybridized carbons (Fsp3) is 0.469. The van der Waals surface area contributed by atoms with E-state index >= 15 is 0 Å². The van der Waals surface area contributed by atoms with Crippen LogP contribution in [0.3, 0.4) is 0 Å². The number of nitrogens with one attached hydrogen (secondary N) is 1. The van der Waals surface area contributed by atoms with Gasteiger partial charge in [0.1, 0.15) is 23.4 Å². The number of aryl methyl sites for hydroxylation is 1. The lowest BCUT2D eigenvalue weighted by Crippen LogP contribution is -2.52. The van der Waals surface area contributed by atoms with Crippen LogP contribution in [0.5, 0.6) is 11.5 Å². The average molecular weight is 792 g/mol. The van der Waals surface area contributed by atoms with Gasteiger partial charge in [0.2, 0.25) is 11.8 Å². The highest BCUT2D eigenvalue weighted by Crippen LogP contribution is 2.55. The molecular formula is C49H53N5O5. The van der Waals surface area contributed by atoms with Crippen LogP contribution in [0.25, 0.3) is 0 Å². The summed E-state index contributed by atoms with van der Waals surface area (Å²) in [7, 11) is 0. The maximum absolute atomic E-state index is 13.4. The Labute approximate surface area is 345 Å². The highest BCUT2D eigenvalue weighted by atomic mass is 16.5. The Bertz CT molecular complexity index is 2300. The largest absolute Gasteiger partial charge is 0.508 e. The number of rotatable bonds is 6. The Morgan fingerprint density at radius 3 is 2.42 bits per heavy atom. The Morgan fingerprint density at radius 2 is 1.66 bits per heavy atom. The molecule has 0 bridgehead atoms. The third-order valence-corrected chi connectivity index (χ3v) is 15.6. The molecule has 304 valence electrons. The number of benzene rings is 3. The minimum Gasteiger partial charge on any atom is -0.508 e. The molecule has 5 aliphatic heterocycles. The highest BCUT2D eigenvalue weighted by Gasteiger charge is 2.50. The van der Waals surface area contributed by atoms with E-state index in [0.29, 0.717) is 42.2 Å². The Morgan fingerprint density at radius 1 is 0.847 bits per heavy atom. The number of amides is 3. The van der Waals surface area contributed by atoms with Crippen molar-refractivity contribution in [3.05, 3.63) is 118 Å².